The second kappa shape index (κ2) is 6.75. The van der Waals surface area contributed by atoms with Gasteiger partial charge >= 0.3 is 5.97 Å². The topological polar surface area (TPSA) is 55.6 Å². The van der Waals surface area contributed by atoms with Gasteiger partial charge in [-0.25, -0.2) is 0 Å². The Hall–Kier alpha value is -1.55. The number of nitrogens with two attached hydrogens (primary N) is 1. The van der Waals surface area contributed by atoms with Crippen molar-refractivity contribution in [1.29, 1.82) is 0 Å². The standard InChI is InChI=1S/C16H24N2O2/c1-3-8-18-9-7-13-10-12(5-6-15(13)18)11-14(17)16(19)20-4-2/h5-6,10,14H,3-4,7-9,11,17H2,1-2H3. The largest absolute Gasteiger partial charge is 0.465 e. The molecule has 0 fully saturated rings. The van der Waals surface area contributed by atoms with Crippen molar-refractivity contribution in [3.8, 4) is 0 Å². The van der Waals surface area contributed by atoms with Gasteiger partial charge in [0.05, 0.1) is 6.61 Å². The molecule has 1 aromatic rings. The fraction of sp³-hybridized carbons (Fsp3) is 0.562. The minimum Gasteiger partial charge on any atom is -0.465 e. The molecule has 1 atom stereocenters. The number of benzene rings is 1. The van der Waals surface area contributed by atoms with Gasteiger partial charge in [-0.2, -0.15) is 0 Å². The minimum atomic E-state index is -0.568. The SMILES string of the molecule is CCCN1CCc2cc(CC(N)C(=O)OCC)ccc21. The van der Waals surface area contributed by atoms with E-state index in [0.717, 1.165) is 31.5 Å². The van der Waals surface area contributed by atoms with Crippen molar-refractivity contribution in [2.45, 2.75) is 39.2 Å². The van der Waals surface area contributed by atoms with Crippen LogP contribution in [0.15, 0.2) is 18.2 Å². The van der Waals surface area contributed by atoms with Gasteiger partial charge in [0.15, 0.2) is 0 Å². The Morgan fingerprint density at radius 2 is 2.25 bits per heavy atom. The molecule has 1 aliphatic rings. The van der Waals surface area contributed by atoms with Crippen LogP contribution in [0.25, 0.3) is 0 Å². The first-order valence-corrected chi connectivity index (χ1v) is 7.44. The number of rotatable bonds is 6. The molecule has 0 saturated heterocycles. The summed E-state index contributed by atoms with van der Waals surface area (Å²) in [6, 6.07) is 5.85. The lowest BCUT2D eigenvalue weighted by molar-refractivity contribution is -0.144. The molecule has 0 spiro atoms. The normalized spacial score (nSPS) is 15.1. The first-order valence-electron chi connectivity index (χ1n) is 7.44. The molecule has 2 N–H and O–H groups in total. The molecular weight excluding hydrogens is 252 g/mol. The summed E-state index contributed by atoms with van der Waals surface area (Å²) in [5, 5.41) is 0. The first-order chi connectivity index (χ1) is 9.65. The molecule has 1 heterocycles. The molecule has 0 bridgehead atoms. The summed E-state index contributed by atoms with van der Waals surface area (Å²) in [4.78, 5) is 14.0. The van der Waals surface area contributed by atoms with Crippen LogP contribution in [0.4, 0.5) is 5.69 Å². The number of fused-ring (bicyclic) bond motifs is 1. The lowest BCUT2D eigenvalue weighted by Crippen LogP contribution is -2.34. The maximum atomic E-state index is 11.6. The van der Waals surface area contributed by atoms with Crippen molar-refractivity contribution < 1.29 is 9.53 Å². The average molecular weight is 276 g/mol. The van der Waals surface area contributed by atoms with Crippen molar-refractivity contribution in [3.63, 3.8) is 0 Å². The molecule has 20 heavy (non-hydrogen) atoms. The van der Waals surface area contributed by atoms with Gasteiger partial charge in [0.1, 0.15) is 6.04 Å². The molecule has 0 radical (unpaired) electrons. The summed E-state index contributed by atoms with van der Waals surface area (Å²) < 4.78 is 4.95. The van der Waals surface area contributed by atoms with Gasteiger partial charge in [-0.1, -0.05) is 19.1 Å². The van der Waals surface area contributed by atoms with E-state index in [1.807, 2.05) is 0 Å². The van der Waals surface area contributed by atoms with Crippen molar-refractivity contribution in [1.82, 2.24) is 0 Å². The van der Waals surface area contributed by atoms with Crippen LogP contribution in [0.1, 0.15) is 31.4 Å². The van der Waals surface area contributed by atoms with Crippen LogP contribution in [0.3, 0.4) is 0 Å². The van der Waals surface area contributed by atoms with E-state index in [9.17, 15) is 4.79 Å². The Kier molecular flexibility index (Phi) is 5.01. The van der Waals surface area contributed by atoms with Gasteiger partial charge < -0.3 is 15.4 Å². The summed E-state index contributed by atoms with van der Waals surface area (Å²) in [6.07, 6.45) is 2.78. The van der Waals surface area contributed by atoms with Gasteiger partial charge in [0.2, 0.25) is 0 Å². The number of hydrogen-bond acceptors (Lipinski definition) is 4. The zero-order valence-corrected chi connectivity index (χ0v) is 12.4. The van der Waals surface area contributed by atoms with E-state index in [2.05, 4.69) is 30.0 Å². The highest BCUT2D eigenvalue weighted by Crippen LogP contribution is 2.29. The third-order valence-electron chi connectivity index (χ3n) is 3.67. The van der Waals surface area contributed by atoms with Crippen molar-refractivity contribution in [3.05, 3.63) is 29.3 Å². The predicted molar refractivity (Wildman–Crippen MR) is 81.0 cm³/mol. The van der Waals surface area contributed by atoms with Gasteiger partial charge in [-0.3, -0.25) is 4.79 Å². The van der Waals surface area contributed by atoms with E-state index < -0.39 is 6.04 Å². The Balaban J connectivity index is 2.03. The zero-order chi connectivity index (χ0) is 14.5. The summed E-state index contributed by atoms with van der Waals surface area (Å²) in [6.45, 7) is 6.57. The van der Waals surface area contributed by atoms with Gasteiger partial charge in [0.25, 0.3) is 0 Å². The molecule has 0 aromatic heterocycles. The first kappa shape index (κ1) is 14.9. The zero-order valence-electron chi connectivity index (χ0n) is 12.4. The molecule has 110 valence electrons. The number of carbonyl (C=O) groups excluding carboxylic acids is 1. The monoisotopic (exact) mass is 276 g/mol. The van der Waals surface area contributed by atoms with Crippen LogP contribution < -0.4 is 10.6 Å². The molecule has 0 amide bonds. The molecule has 2 rings (SSSR count). The van der Waals surface area contributed by atoms with Crippen LogP contribution in [0.5, 0.6) is 0 Å². The van der Waals surface area contributed by atoms with Crippen LogP contribution in [-0.4, -0.2) is 31.7 Å². The van der Waals surface area contributed by atoms with E-state index in [1.165, 1.54) is 11.3 Å². The molecule has 0 aliphatic carbocycles. The number of nitrogens with zero attached hydrogens (tertiary/aromatic N) is 1. The van der Waals surface area contributed by atoms with E-state index >= 15 is 0 Å². The fourth-order valence-corrected chi connectivity index (χ4v) is 2.74. The number of ether oxygens (including phenoxy) is 1. The summed E-state index contributed by atoms with van der Waals surface area (Å²) >= 11 is 0. The third-order valence-corrected chi connectivity index (χ3v) is 3.67. The lowest BCUT2D eigenvalue weighted by atomic mass is 10.0. The Morgan fingerprint density at radius 3 is 2.95 bits per heavy atom. The van der Waals surface area contributed by atoms with Gasteiger partial charge in [-0.05, 0) is 43.4 Å². The Labute approximate surface area is 120 Å². The third kappa shape index (κ3) is 3.31. The number of carbonyl (C=O) groups is 1. The molecule has 1 aliphatic heterocycles. The second-order valence-corrected chi connectivity index (χ2v) is 5.26. The van der Waals surface area contributed by atoms with Crippen LogP contribution in [0, 0.1) is 0 Å². The van der Waals surface area contributed by atoms with E-state index in [-0.39, 0.29) is 5.97 Å². The van der Waals surface area contributed by atoms with Gasteiger partial charge in [0, 0.05) is 18.8 Å². The smallest absolute Gasteiger partial charge is 0.323 e. The fourth-order valence-electron chi connectivity index (χ4n) is 2.74. The summed E-state index contributed by atoms with van der Waals surface area (Å²) in [5.74, 6) is -0.319. The number of hydrogen-bond donors (Lipinski definition) is 1. The maximum absolute atomic E-state index is 11.6. The van der Waals surface area contributed by atoms with E-state index in [0.29, 0.717) is 13.0 Å². The Bertz CT molecular complexity index is 474. The van der Waals surface area contributed by atoms with Crippen molar-refractivity contribution in [2.24, 2.45) is 5.73 Å². The molecular formula is C16H24N2O2. The van der Waals surface area contributed by atoms with Crippen LogP contribution in [-0.2, 0) is 22.4 Å². The molecule has 1 unspecified atom stereocenters. The highest BCUT2D eigenvalue weighted by molar-refractivity contribution is 5.76. The number of esters is 1. The summed E-state index contributed by atoms with van der Waals surface area (Å²) in [7, 11) is 0. The summed E-state index contributed by atoms with van der Waals surface area (Å²) in [5.41, 5.74) is 9.69. The quantitative estimate of drug-likeness (QED) is 0.806. The maximum Gasteiger partial charge on any atom is 0.323 e. The molecule has 4 heteroatoms. The number of anilines is 1. The predicted octanol–water partition coefficient (Wildman–Crippen LogP) is 1.89. The Morgan fingerprint density at radius 1 is 1.45 bits per heavy atom. The van der Waals surface area contributed by atoms with Crippen LogP contribution in [0.2, 0.25) is 0 Å². The second-order valence-electron chi connectivity index (χ2n) is 5.26. The molecule has 1 aromatic carbocycles. The van der Waals surface area contributed by atoms with Crippen LogP contribution >= 0.6 is 0 Å². The average Bonchev–Trinajstić information content (AvgIpc) is 2.82. The van der Waals surface area contributed by atoms with Gasteiger partial charge in [-0.15, -0.1) is 0 Å². The van der Waals surface area contributed by atoms with E-state index in [4.69, 9.17) is 10.5 Å². The highest BCUT2D eigenvalue weighted by Gasteiger charge is 2.20. The molecule has 0 saturated carbocycles. The highest BCUT2D eigenvalue weighted by atomic mass is 16.5. The molecule has 4 nitrogen and oxygen atoms in total. The van der Waals surface area contributed by atoms with Crippen molar-refractivity contribution in [2.75, 3.05) is 24.6 Å². The lowest BCUT2D eigenvalue weighted by Gasteiger charge is -2.18. The van der Waals surface area contributed by atoms with E-state index in [1.54, 1.807) is 6.92 Å². The minimum absolute atomic E-state index is 0.319. The van der Waals surface area contributed by atoms with Crippen molar-refractivity contribution >= 4 is 11.7 Å².